The van der Waals surface area contributed by atoms with Crippen molar-refractivity contribution in [3.05, 3.63) is 27.7 Å². The van der Waals surface area contributed by atoms with Crippen LogP contribution in [-0.2, 0) is 14.6 Å². The van der Waals surface area contributed by atoms with Gasteiger partial charge in [-0.1, -0.05) is 23.2 Å². The molecule has 1 rings (SSSR count). The lowest BCUT2D eigenvalue weighted by Crippen LogP contribution is -2.07. The fraction of sp³-hybridized carbons (Fsp3) is 0.273. The molecule has 0 unspecified atom stereocenters. The van der Waals surface area contributed by atoms with Gasteiger partial charge in [-0.25, -0.2) is 8.42 Å². The summed E-state index contributed by atoms with van der Waals surface area (Å²) in [4.78, 5) is 22.4. The molecular weight excluding hydrogens is 299 g/mol. The summed E-state index contributed by atoms with van der Waals surface area (Å²) < 4.78 is 22.8. The lowest BCUT2D eigenvalue weighted by Gasteiger charge is -2.08. The molecular formula is C11H10Cl2O4S. The summed E-state index contributed by atoms with van der Waals surface area (Å²) in [6.45, 7) is 1.28. The number of rotatable bonds is 4. The van der Waals surface area contributed by atoms with Gasteiger partial charge in [0.2, 0.25) is 0 Å². The van der Waals surface area contributed by atoms with Crippen LogP contribution in [0.2, 0.25) is 10.0 Å². The van der Waals surface area contributed by atoms with Crippen molar-refractivity contribution >= 4 is 44.6 Å². The van der Waals surface area contributed by atoms with Gasteiger partial charge in [0.25, 0.3) is 0 Å². The Labute approximate surface area is 115 Å². The second kappa shape index (κ2) is 5.38. The van der Waals surface area contributed by atoms with Crippen molar-refractivity contribution in [2.75, 3.05) is 6.26 Å². The van der Waals surface area contributed by atoms with Crippen LogP contribution in [0.25, 0.3) is 0 Å². The number of sulfone groups is 1. The van der Waals surface area contributed by atoms with Crippen LogP contribution >= 0.6 is 23.2 Å². The number of carbonyl (C=O) groups excluding carboxylic acids is 2. The molecule has 0 amide bonds. The van der Waals surface area contributed by atoms with E-state index < -0.39 is 15.6 Å². The highest BCUT2D eigenvalue weighted by molar-refractivity contribution is 7.90. The zero-order valence-electron chi connectivity index (χ0n) is 9.66. The molecule has 7 heteroatoms. The maximum absolute atomic E-state index is 11.7. The van der Waals surface area contributed by atoms with Gasteiger partial charge in [-0.15, -0.1) is 0 Å². The molecule has 0 saturated carbocycles. The molecule has 0 fully saturated rings. The van der Waals surface area contributed by atoms with E-state index in [4.69, 9.17) is 23.2 Å². The van der Waals surface area contributed by atoms with Crippen molar-refractivity contribution < 1.29 is 18.0 Å². The minimum Gasteiger partial charge on any atom is -0.300 e. The molecule has 0 atom stereocenters. The standard InChI is InChI=1S/C11H10Cl2O4S/c1-6(14)5-8(15)7-3-4-9(18(2,16)17)11(13)10(7)12/h3-4H,5H2,1-2H3. The Morgan fingerprint density at radius 2 is 1.72 bits per heavy atom. The predicted molar refractivity (Wildman–Crippen MR) is 69.2 cm³/mol. The molecule has 4 nitrogen and oxygen atoms in total. The Bertz CT molecular complexity index is 620. The van der Waals surface area contributed by atoms with Gasteiger partial charge in [0.05, 0.1) is 21.4 Å². The van der Waals surface area contributed by atoms with E-state index in [1.165, 1.54) is 19.1 Å². The molecule has 0 aromatic heterocycles. The number of carbonyl (C=O) groups is 2. The van der Waals surface area contributed by atoms with Gasteiger partial charge in [0.1, 0.15) is 5.78 Å². The summed E-state index contributed by atoms with van der Waals surface area (Å²) >= 11 is 11.7. The van der Waals surface area contributed by atoms with Gasteiger partial charge in [-0.2, -0.15) is 0 Å². The fourth-order valence-electron chi connectivity index (χ4n) is 1.35. The van der Waals surface area contributed by atoms with Crippen LogP contribution in [0.4, 0.5) is 0 Å². The molecule has 0 radical (unpaired) electrons. The van der Waals surface area contributed by atoms with Crippen molar-refractivity contribution in [2.45, 2.75) is 18.2 Å². The Morgan fingerprint density at radius 3 is 2.17 bits per heavy atom. The molecule has 0 spiro atoms. The number of benzene rings is 1. The van der Waals surface area contributed by atoms with E-state index in [0.717, 1.165) is 6.26 Å². The minimum atomic E-state index is -3.52. The first kappa shape index (κ1) is 15.1. The summed E-state index contributed by atoms with van der Waals surface area (Å²) in [7, 11) is -3.52. The van der Waals surface area contributed by atoms with Crippen molar-refractivity contribution in [3.63, 3.8) is 0 Å². The molecule has 0 bridgehead atoms. The van der Waals surface area contributed by atoms with E-state index in [9.17, 15) is 18.0 Å². The highest BCUT2D eigenvalue weighted by Gasteiger charge is 2.20. The number of ketones is 2. The molecule has 0 aliphatic rings. The topological polar surface area (TPSA) is 68.3 Å². The van der Waals surface area contributed by atoms with Crippen LogP contribution in [0, 0.1) is 0 Å². The van der Waals surface area contributed by atoms with E-state index in [2.05, 4.69) is 0 Å². The predicted octanol–water partition coefficient (Wildman–Crippen LogP) is 2.56. The zero-order chi connectivity index (χ0) is 14.1. The van der Waals surface area contributed by atoms with E-state index in [0.29, 0.717) is 0 Å². The first-order valence-corrected chi connectivity index (χ1v) is 7.50. The van der Waals surface area contributed by atoms with Gasteiger partial charge in [-0.3, -0.25) is 9.59 Å². The number of hydrogen-bond donors (Lipinski definition) is 0. The van der Waals surface area contributed by atoms with E-state index >= 15 is 0 Å². The van der Waals surface area contributed by atoms with Crippen LogP contribution in [0.5, 0.6) is 0 Å². The molecule has 0 aliphatic heterocycles. The van der Waals surface area contributed by atoms with Crippen LogP contribution < -0.4 is 0 Å². The average Bonchev–Trinajstić information content (AvgIpc) is 2.18. The number of Topliss-reactive ketones (excluding diaryl/α,β-unsaturated/α-hetero) is 2. The summed E-state index contributed by atoms with van der Waals surface area (Å²) in [5, 5.41) is -0.348. The first-order chi connectivity index (χ1) is 8.14. The highest BCUT2D eigenvalue weighted by Crippen LogP contribution is 2.32. The van der Waals surface area contributed by atoms with Crippen LogP contribution in [0.1, 0.15) is 23.7 Å². The second-order valence-corrected chi connectivity index (χ2v) is 6.55. The smallest absolute Gasteiger partial charge is 0.177 e. The van der Waals surface area contributed by atoms with Crippen LogP contribution in [0.3, 0.4) is 0 Å². The molecule has 18 heavy (non-hydrogen) atoms. The maximum atomic E-state index is 11.7. The van der Waals surface area contributed by atoms with Gasteiger partial charge >= 0.3 is 0 Å². The quantitative estimate of drug-likeness (QED) is 0.633. The zero-order valence-corrected chi connectivity index (χ0v) is 12.0. The van der Waals surface area contributed by atoms with Crippen molar-refractivity contribution in [3.8, 4) is 0 Å². The second-order valence-electron chi connectivity index (χ2n) is 3.81. The minimum absolute atomic E-state index is 0.0456. The lowest BCUT2D eigenvalue weighted by atomic mass is 10.1. The van der Waals surface area contributed by atoms with E-state index in [1.807, 2.05) is 0 Å². The summed E-state index contributed by atoms with van der Waals surface area (Å²) in [6.07, 6.45) is 0.690. The SMILES string of the molecule is CC(=O)CC(=O)c1ccc(S(C)(=O)=O)c(Cl)c1Cl. The lowest BCUT2D eigenvalue weighted by molar-refractivity contribution is -0.116. The maximum Gasteiger partial charge on any atom is 0.177 e. The monoisotopic (exact) mass is 308 g/mol. The Balaban J connectivity index is 3.33. The van der Waals surface area contributed by atoms with Gasteiger partial charge in [-0.05, 0) is 19.1 Å². The number of halogens is 2. The van der Waals surface area contributed by atoms with Crippen molar-refractivity contribution in [1.82, 2.24) is 0 Å². The molecule has 0 aliphatic carbocycles. The first-order valence-electron chi connectivity index (χ1n) is 4.85. The van der Waals surface area contributed by atoms with E-state index in [1.54, 1.807) is 0 Å². The van der Waals surface area contributed by atoms with Gasteiger partial charge < -0.3 is 0 Å². The van der Waals surface area contributed by atoms with E-state index in [-0.39, 0.29) is 32.7 Å². The van der Waals surface area contributed by atoms with Crippen molar-refractivity contribution in [1.29, 1.82) is 0 Å². The van der Waals surface area contributed by atoms with Gasteiger partial charge in [0, 0.05) is 11.8 Å². The molecule has 0 saturated heterocycles. The summed E-state index contributed by atoms with van der Waals surface area (Å²) in [5.41, 5.74) is 0.0456. The van der Waals surface area contributed by atoms with Gasteiger partial charge in [0.15, 0.2) is 15.6 Å². The third kappa shape index (κ3) is 3.31. The third-order valence-electron chi connectivity index (χ3n) is 2.16. The Kier molecular flexibility index (Phi) is 4.53. The molecule has 98 valence electrons. The largest absolute Gasteiger partial charge is 0.300 e. The van der Waals surface area contributed by atoms with Crippen LogP contribution in [-0.4, -0.2) is 26.2 Å². The molecule has 1 aromatic rings. The molecule has 0 heterocycles. The Morgan fingerprint density at radius 1 is 1.17 bits per heavy atom. The summed E-state index contributed by atoms with van der Waals surface area (Å²) in [5.74, 6) is -0.797. The normalized spacial score (nSPS) is 11.3. The Hall–Kier alpha value is -0.910. The third-order valence-corrected chi connectivity index (χ3v) is 4.29. The molecule has 0 N–H and O–H groups in total. The van der Waals surface area contributed by atoms with Crippen molar-refractivity contribution in [2.24, 2.45) is 0 Å². The average molecular weight is 309 g/mol. The number of hydrogen-bond acceptors (Lipinski definition) is 4. The fourth-order valence-corrected chi connectivity index (χ4v) is 3.01. The molecule has 1 aromatic carbocycles. The van der Waals surface area contributed by atoms with Crippen LogP contribution in [0.15, 0.2) is 17.0 Å². The highest BCUT2D eigenvalue weighted by atomic mass is 35.5. The summed E-state index contributed by atoms with van der Waals surface area (Å²) in [6, 6.07) is 2.47.